The standard InChI is InChI=1S/C13H15FN4O2/c1-20-5-4-18-8-10(7-16-18)17-13(19)11-3-2-9(15)6-12(11)14/h2-3,6-8H,4-5,15H2,1H3,(H,17,19). The second kappa shape index (κ2) is 6.16. The van der Waals surface area contributed by atoms with Crippen LogP contribution in [-0.4, -0.2) is 29.4 Å². The molecule has 0 aliphatic carbocycles. The number of rotatable bonds is 5. The van der Waals surface area contributed by atoms with Crippen molar-refractivity contribution in [1.29, 1.82) is 0 Å². The van der Waals surface area contributed by atoms with Crippen molar-refractivity contribution in [2.24, 2.45) is 0 Å². The van der Waals surface area contributed by atoms with Crippen LogP contribution < -0.4 is 11.1 Å². The predicted octanol–water partition coefficient (Wildman–Crippen LogP) is 1.50. The van der Waals surface area contributed by atoms with Crippen molar-refractivity contribution in [3.63, 3.8) is 0 Å². The van der Waals surface area contributed by atoms with Crippen LogP contribution in [0.1, 0.15) is 10.4 Å². The van der Waals surface area contributed by atoms with Crippen LogP contribution in [-0.2, 0) is 11.3 Å². The highest BCUT2D eigenvalue weighted by molar-refractivity contribution is 6.04. The first-order valence-corrected chi connectivity index (χ1v) is 5.98. The van der Waals surface area contributed by atoms with Crippen LogP contribution in [0, 0.1) is 5.82 Å². The number of halogens is 1. The van der Waals surface area contributed by atoms with Gasteiger partial charge in [0, 0.05) is 19.0 Å². The number of carbonyl (C=O) groups excluding carboxylic acids is 1. The molecule has 1 amide bonds. The van der Waals surface area contributed by atoms with Crippen molar-refractivity contribution < 1.29 is 13.9 Å². The molecule has 0 bridgehead atoms. The fourth-order valence-electron chi connectivity index (χ4n) is 1.65. The van der Waals surface area contributed by atoms with Crippen LogP contribution in [0.4, 0.5) is 15.8 Å². The third-order valence-electron chi connectivity index (χ3n) is 2.65. The molecule has 1 aromatic carbocycles. The second-order valence-corrected chi connectivity index (χ2v) is 4.18. The number of nitrogens with zero attached hydrogens (tertiary/aromatic N) is 2. The Hall–Kier alpha value is -2.41. The highest BCUT2D eigenvalue weighted by Gasteiger charge is 2.12. The molecule has 0 fully saturated rings. The van der Waals surface area contributed by atoms with E-state index in [4.69, 9.17) is 10.5 Å². The number of amides is 1. The van der Waals surface area contributed by atoms with Gasteiger partial charge in [-0.2, -0.15) is 5.10 Å². The lowest BCUT2D eigenvalue weighted by molar-refractivity contribution is 0.102. The van der Waals surface area contributed by atoms with Crippen molar-refractivity contribution in [2.45, 2.75) is 6.54 Å². The van der Waals surface area contributed by atoms with Crippen LogP contribution >= 0.6 is 0 Å². The molecule has 0 atom stereocenters. The Bertz CT molecular complexity index is 612. The number of hydrogen-bond donors (Lipinski definition) is 2. The fraction of sp³-hybridized carbons (Fsp3) is 0.231. The van der Waals surface area contributed by atoms with Crippen molar-refractivity contribution in [1.82, 2.24) is 9.78 Å². The molecule has 2 aromatic rings. The molecule has 1 heterocycles. The summed E-state index contributed by atoms with van der Waals surface area (Å²) in [5.74, 6) is -1.21. The number of benzene rings is 1. The number of anilines is 2. The first-order chi connectivity index (χ1) is 9.60. The number of nitrogens with two attached hydrogens (primary N) is 1. The summed E-state index contributed by atoms with van der Waals surface area (Å²) in [4.78, 5) is 11.9. The van der Waals surface area contributed by atoms with E-state index in [1.807, 2.05) is 0 Å². The van der Waals surface area contributed by atoms with Crippen LogP contribution in [0.25, 0.3) is 0 Å². The maximum absolute atomic E-state index is 13.6. The second-order valence-electron chi connectivity index (χ2n) is 4.18. The maximum Gasteiger partial charge on any atom is 0.258 e. The largest absolute Gasteiger partial charge is 0.399 e. The lowest BCUT2D eigenvalue weighted by Crippen LogP contribution is -2.13. The van der Waals surface area contributed by atoms with Gasteiger partial charge in [0.1, 0.15) is 5.82 Å². The molecular formula is C13H15FN4O2. The lowest BCUT2D eigenvalue weighted by atomic mass is 10.2. The van der Waals surface area contributed by atoms with Gasteiger partial charge in [-0.25, -0.2) is 4.39 Å². The van der Waals surface area contributed by atoms with Crippen LogP contribution in [0.15, 0.2) is 30.6 Å². The Balaban J connectivity index is 2.05. The van der Waals surface area contributed by atoms with Gasteiger partial charge in [0.2, 0.25) is 0 Å². The van der Waals surface area contributed by atoms with E-state index in [1.54, 1.807) is 18.0 Å². The van der Waals surface area contributed by atoms with E-state index < -0.39 is 11.7 Å². The van der Waals surface area contributed by atoms with E-state index in [0.717, 1.165) is 6.07 Å². The molecule has 3 N–H and O–H groups in total. The smallest absolute Gasteiger partial charge is 0.258 e. The maximum atomic E-state index is 13.6. The van der Waals surface area contributed by atoms with Gasteiger partial charge < -0.3 is 15.8 Å². The summed E-state index contributed by atoms with van der Waals surface area (Å²) in [5.41, 5.74) is 6.13. The van der Waals surface area contributed by atoms with Gasteiger partial charge in [-0.05, 0) is 18.2 Å². The van der Waals surface area contributed by atoms with Gasteiger partial charge in [-0.15, -0.1) is 0 Å². The third-order valence-corrected chi connectivity index (χ3v) is 2.65. The fourth-order valence-corrected chi connectivity index (χ4v) is 1.65. The highest BCUT2D eigenvalue weighted by atomic mass is 19.1. The van der Waals surface area contributed by atoms with Gasteiger partial charge in [0.15, 0.2) is 0 Å². The Labute approximate surface area is 115 Å². The number of nitrogens with one attached hydrogen (secondary N) is 1. The number of nitrogen functional groups attached to an aromatic ring is 1. The van der Waals surface area contributed by atoms with Crippen LogP contribution in [0.3, 0.4) is 0 Å². The molecule has 0 radical (unpaired) electrons. The van der Waals surface area contributed by atoms with Crippen molar-refractivity contribution in [3.8, 4) is 0 Å². The first-order valence-electron chi connectivity index (χ1n) is 5.98. The number of ether oxygens (including phenoxy) is 1. The Morgan fingerprint density at radius 3 is 3.05 bits per heavy atom. The quantitative estimate of drug-likeness (QED) is 0.812. The van der Waals surface area contributed by atoms with Crippen molar-refractivity contribution in [3.05, 3.63) is 42.0 Å². The zero-order valence-corrected chi connectivity index (χ0v) is 11.0. The molecule has 106 valence electrons. The first kappa shape index (κ1) is 14.0. The van der Waals surface area contributed by atoms with E-state index in [1.165, 1.54) is 18.3 Å². The summed E-state index contributed by atoms with van der Waals surface area (Å²) >= 11 is 0. The van der Waals surface area contributed by atoms with Gasteiger partial charge in [-0.3, -0.25) is 9.48 Å². The molecule has 0 spiro atoms. The average Bonchev–Trinajstić information content (AvgIpc) is 2.83. The number of aromatic nitrogens is 2. The average molecular weight is 278 g/mol. The van der Waals surface area contributed by atoms with Crippen molar-refractivity contribution >= 4 is 17.3 Å². The van der Waals surface area contributed by atoms with Gasteiger partial charge in [0.25, 0.3) is 5.91 Å². The number of carbonyl (C=O) groups is 1. The Morgan fingerprint density at radius 2 is 2.35 bits per heavy atom. The molecule has 0 saturated heterocycles. The zero-order valence-electron chi connectivity index (χ0n) is 11.0. The minimum atomic E-state index is -0.658. The molecule has 0 saturated carbocycles. The molecule has 0 aliphatic heterocycles. The SMILES string of the molecule is COCCn1cc(NC(=O)c2ccc(N)cc2F)cn1. The molecular weight excluding hydrogens is 263 g/mol. The lowest BCUT2D eigenvalue weighted by Gasteiger charge is -2.04. The Kier molecular flexibility index (Phi) is 4.31. The van der Waals surface area contributed by atoms with Crippen LogP contribution in [0.2, 0.25) is 0 Å². The zero-order chi connectivity index (χ0) is 14.5. The van der Waals surface area contributed by atoms with E-state index >= 15 is 0 Å². The third kappa shape index (κ3) is 3.33. The number of hydrogen-bond acceptors (Lipinski definition) is 4. The summed E-state index contributed by atoms with van der Waals surface area (Å²) in [6.45, 7) is 1.09. The van der Waals surface area contributed by atoms with E-state index in [2.05, 4.69) is 10.4 Å². The molecule has 0 unspecified atom stereocenters. The van der Waals surface area contributed by atoms with E-state index in [0.29, 0.717) is 18.8 Å². The molecule has 20 heavy (non-hydrogen) atoms. The highest BCUT2D eigenvalue weighted by Crippen LogP contribution is 2.14. The summed E-state index contributed by atoms with van der Waals surface area (Å²) in [6.07, 6.45) is 3.13. The molecule has 1 aromatic heterocycles. The minimum absolute atomic E-state index is 0.0659. The molecule has 0 aliphatic rings. The summed E-state index contributed by atoms with van der Waals surface area (Å²) < 4.78 is 20.1. The molecule has 7 heteroatoms. The van der Waals surface area contributed by atoms with Gasteiger partial charge in [-0.1, -0.05) is 0 Å². The van der Waals surface area contributed by atoms with E-state index in [-0.39, 0.29) is 11.3 Å². The monoisotopic (exact) mass is 278 g/mol. The minimum Gasteiger partial charge on any atom is -0.399 e. The summed E-state index contributed by atoms with van der Waals surface area (Å²) in [5, 5.41) is 6.62. The summed E-state index contributed by atoms with van der Waals surface area (Å²) in [7, 11) is 1.59. The topological polar surface area (TPSA) is 82.2 Å². The van der Waals surface area contributed by atoms with Gasteiger partial charge in [0.05, 0.1) is 30.6 Å². The van der Waals surface area contributed by atoms with Crippen molar-refractivity contribution in [2.75, 3.05) is 24.8 Å². The Morgan fingerprint density at radius 1 is 1.55 bits per heavy atom. The normalized spacial score (nSPS) is 10.5. The predicted molar refractivity (Wildman–Crippen MR) is 72.9 cm³/mol. The molecule has 6 nitrogen and oxygen atoms in total. The van der Waals surface area contributed by atoms with E-state index in [9.17, 15) is 9.18 Å². The summed E-state index contributed by atoms with van der Waals surface area (Å²) in [6, 6.07) is 3.92. The number of methoxy groups -OCH3 is 1. The molecule has 2 rings (SSSR count). The van der Waals surface area contributed by atoms with Gasteiger partial charge >= 0.3 is 0 Å². The van der Waals surface area contributed by atoms with Crippen LogP contribution in [0.5, 0.6) is 0 Å².